The Balaban J connectivity index is 1.91. The molecule has 0 spiro atoms. The van der Waals surface area contributed by atoms with E-state index >= 15 is 0 Å². The molecule has 2 aromatic carbocycles. The van der Waals surface area contributed by atoms with Gasteiger partial charge < -0.3 is 15.4 Å². The van der Waals surface area contributed by atoms with E-state index in [9.17, 15) is 9.59 Å². The largest absolute Gasteiger partial charge is 0.496 e. The van der Waals surface area contributed by atoms with Gasteiger partial charge in [-0.2, -0.15) is 5.10 Å². The van der Waals surface area contributed by atoms with E-state index in [1.807, 2.05) is 61.7 Å². The van der Waals surface area contributed by atoms with Crippen molar-refractivity contribution in [3.8, 4) is 22.7 Å². The van der Waals surface area contributed by atoms with Crippen molar-refractivity contribution < 1.29 is 14.3 Å². The molecule has 1 atom stereocenters. The fourth-order valence-corrected chi connectivity index (χ4v) is 4.36. The number of hydrogen-bond donors (Lipinski definition) is 2. The number of amides is 2. The van der Waals surface area contributed by atoms with Crippen LogP contribution >= 0.6 is 15.9 Å². The molecule has 2 heterocycles. The van der Waals surface area contributed by atoms with Crippen LogP contribution in [0, 0.1) is 0 Å². The fraction of sp³-hybridized carbons (Fsp3) is 0.208. The molecule has 1 aliphatic rings. The van der Waals surface area contributed by atoms with E-state index in [4.69, 9.17) is 9.84 Å². The summed E-state index contributed by atoms with van der Waals surface area (Å²) in [6.07, 6.45) is 2.20. The van der Waals surface area contributed by atoms with E-state index in [1.165, 1.54) is 0 Å². The quantitative estimate of drug-likeness (QED) is 0.509. The van der Waals surface area contributed by atoms with Gasteiger partial charge in [-0.15, -0.1) is 0 Å². The van der Waals surface area contributed by atoms with Gasteiger partial charge in [0, 0.05) is 35.0 Å². The number of ether oxygens (including phenoxy) is 1. The highest BCUT2D eigenvalue weighted by atomic mass is 79.9. The normalized spacial score (nSPS) is 15.9. The Hall–Kier alpha value is -3.39. The highest BCUT2D eigenvalue weighted by Gasteiger charge is 2.33. The van der Waals surface area contributed by atoms with Crippen LogP contribution in [0.3, 0.4) is 0 Å². The van der Waals surface area contributed by atoms with E-state index in [-0.39, 0.29) is 11.8 Å². The first-order chi connectivity index (χ1) is 15.4. The minimum Gasteiger partial charge on any atom is -0.496 e. The Kier molecular flexibility index (Phi) is 6.14. The molecule has 164 valence electrons. The lowest BCUT2D eigenvalue weighted by molar-refractivity contribution is -0.115. The second-order valence-corrected chi connectivity index (χ2v) is 8.26. The van der Waals surface area contributed by atoms with Gasteiger partial charge in [0.2, 0.25) is 0 Å². The van der Waals surface area contributed by atoms with E-state index in [2.05, 4.69) is 26.6 Å². The minimum atomic E-state index is -0.609. The first-order valence-corrected chi connectivity index (χ1v) is 11.0. The van der Waals surface area contributed by atoms with E-state index < -0.39 is 6.04 Å². The molecular weight excluding hydrogens is 472 g/mol. The van der Waals surface area contributed by atoms with Gasteiger partial charge in [0.05, 0.1) is 29.0 Å². The van der Waals surface area contributed by atoms with Crippen molar-refractivity contribution in [1.29, 1.82) is 0 Å². The molecule has 1 aromatic heterocycles. The van der Waals surface area contributed by atoms with Crippen molar-refractivity contribution in [2.45, 2.75) is 26.3 Å². The van der Waals surface area contributed by atoms with Gasteiger partial charge in [0.1, 0.15) is 5.75 Å². The summed E-state index contributed by atoms with van der Waals surface area (Å²) in [6.45, 7) is 3.56. The fourth-order valence-electron chi connectivity index (χ4n) is 3.84. The molecule has 8 heteroatoms. The highest BCUT2D eigenvalue weighted by molar-refractivity contribution is 9.10. The number of nitrogens with zero attached hydrogens (tertiary/aromatic N) is 2. The summed E-state index contributed by atoms with van der Waals surface area (Å²) >= 11 is 3.52. The molecule has 0 saturated heterocycles. The average molecular weight is 495 g/mol. The molecule has 0 bridgehead atoms. The Morgan fingerprint density at radius 1 is 1.22 bits per heavy atom. The number of methoxy groups -OCH3 is 1. The minimum absolute atomic E-state index is 0.0287. The first kappa shape index (κ1) is 21.8. The number of ketones is 1. The number of rotatable bonds is 6. The van der Waals surface area contributed by atoms with Crippen LogP contribution in [-0.4, -0.2) is 28.7 Å². The van der Waals surface area contributed by atoms with Gasteiger partial charge in [-0.05, 0) is 41.1 Å². The van der Waals surface area contributed by atoms with Crippen LogP contribution in [0.5, 0.6) is 5.75 Å². The monoisotopic (exact) mass is 494 g/mol. The number of allylic oxidation sites excluding steroid dienone is 1. The molecule has 0 saturated carbocycles. The summed E-state index contributed by atoms with van der Waals surface area (Å²) in [5, 5.41) is 10.5. The molecule has 7 nitrogen and oxygen atoms in total. The zero-order chi connectivity index (χ0) is 22.8. The first-order valence-electron chi connectivity index (χ1n) is 10.2. The van der Waals surface area contributed by atoms with Gasteiger partial charge in [0.15, 0.2) is 5.78 Å². The van der Waals surface area contributed by atoms with Gasteiger partial charge in [-0.1, -0.05) is 37.3 Å². The second-order valence-electron chi connectivity index (χ2n) is 7.41. The average Bonchev–Trinajstić information content (AvgIpc) is 3.24. The van der Waals surface area contributed by atoms with E-state index in [1.54, 1.807) is 18.7 Å². The number of Topliss-reactive ketones (excluding diaryl/α,β-unsaturated/α-hetero) is 1. The molecule has 4 rings (SSSR count). The number of carbonyl (C=O) groups excluding carboxylic acids is 2. The van der Waals surface area contributed by atoms with Crippen LogP contribution in [0.15, 0.2) is 70.5 Å². The third-order valence-electron chi connectivity index (χ3n) is 5.39. The topological polar surface area (TPSA) is 85.2 Å². The number of halogens is 1. The standard InChI is InChI=1S/C24H23BrN4O3/c1-4-19(30)21-14(2)26-24(31)27-23(21)17-13-29(16-10-11-20(32-3)18(25)12-16)28-22(17)15-8-6-5-7-9-15/h5-13,23H,4H2,1-3H3,(H2,26,27,31). The molecule has 0 aliphatic carbocycles. The molecule has 2 N–H and O–H groups in total. The van der Waals surface area contributed by atoms with Crippen molar-refractivity contribution in [1.82, 2.24) is 20.4 Å². The molecule has 2 amide bonds. The predicted octanol–water partition coefficient (Wildman–Crippen LogP) is 4.92. The van der Waals surface area contributed by atoms with Crippen molar-refractivity contribution in [3.05, 3.63) is 76.0 Å². The zero-order valence-electron chi connectivity index (χ0n) is 18.0. The molecule has 0 radical (unpaired) electrons. The smallest absolute Gasteiger partial charge is 0.319 e. The maximum atomic E-state index is 12.8. The summed E-state index contributed by atoms with van der Waals surface area (Å²) in [5.74, 6) is 0.684. The lowest BCUT2D eigenvalue weighted by atomic mass is 9.90. The molecule has 3 aromatic rings. The number of hydrogen-bond acceptors (Lipinski definition) is 4. The summed E-state index contributed by atoms with van der Waals surface area (Å²) in [4.78, 5) is 25.1. The van der Waals surface area contributed by atoms with E-state index in [0.717, 1.165) is 21.3 Å². The summed E-state index contributed by atoms with van der Waals surface area (Å²) in [6, 6.07) is 14.4. The van der Waals surface area contributed by atoms with Crippen molar-refractivity contribution in [3.63, 3.8) is 0 Å². The molecule has 0 fully saturated rings. The number of aromatic nitrogens is 2. The molecular formula is C24H23BrN4O3. The van der Waals surface area contributed by atoms with Crippen LogP contribution in [0.4, 0.5) is 4.79 Å². The number of urea groups is 1. The predicted molar refractivity (Wildman–Crippen MR) is 126 cm³/mol. The van der Waals surface area contributed by atoms with Gasteiger partial charge in [-0.3, -0.25) is 4.79 Å². The summed E-state index contributed by atoms with van der Waals surface area (Å²) < 4.78 is 7.88. The third-order valence-corrected chi connectivity index (χ3v) is 6.01. The van der Waals surface area contributed by atoms with Crippen molar-refractivity contribution >= 4 is 27.7 Å². The number of carbonyl (C=O) groups is 2. The number of benzene rings is 2. The van der Waals surface area contributed by atoms with E-state index in [0.29, 0.717) is 29.1 Å². The van der Waals surface area contributed by atoms with Crippen LogP contribution < -0.4 is 15.4 Å². The van der Waals surface area contributed by atoms with Crippen LogP contribution in [0.2, 0.25) is 0 Å². The van der Waals surface area contributed by atoms with Crippen molar-refractivity contribution in [2.75, 3.05) is 7.11 Å². The lowest BCUT2D eigenvalue weighted by Gasteiger charge is -2.28. The maximum Gasteiger partial charge on any atom is 0.319 e. The maximum absolute atomic E-state index is 12.8. The van der Waals surface area contributed by atoms with Gasteiger partial charge in [0.25, 0.3) is 0 Å². The van der Waals surface area contributed by atoms with Crippen LogP contribution in [-0.2, 0) is 4.79 Å². The summed E-state index contributed by atoms with van der Waals surface area (Å²) in [5.41, 5.74) is 4.24. The Bertz CT molecular complexity index is 1220. The molecule has 1 aliphatic heterocycles. The summed E-state index contributed by atoms with van der Waals surface area (Å²) in [7, 11) is 1.61. The van der Waals surface area contributed by atoms with Crippen LogP contribution in [0.25, 0.3) is 16.9 Å². The SMILES string of the molecule is CCC(=O)C1=C(C)NC(=O)NC1c1cn(-c2ccc(OC)c(Br)c2)nc1-c1ccccc1. The zero-order valence-corrected chi connectivity index (χ0v) is 19.6. The van der Waals surface area contributed by atoms with Crippen LogP contribution in [0.1, 0.15) is 31.9 Å². The molecule has 1 unspecified atom stereocenters. The molecule has 32 heavy (non-hydrogen) atoms. The van der Waals surface area contributed by atoms with Gasteiger partial charge >= 0.3 is 6.03 Å². The highest BCUT2D eigenvalue weighted by Crippen LogP contribution is 2.36. The van der Waals surface area contributed by atoms with Gasteiger partial charge in [-0.25, -0.2) is 9.48 Å². The Morgan fingerprint density at radius 2 is 1.97 bits per heavy atom. The number of nitrogens with one attached hydrogen (secondary N) is 2. The second kappa shape index (κ2) is 9.00. The third kappa shape index (κ3) is 4.05. The Labute approximate surface area is 194 Å². The lowest BCUT2D eigenvalue weighted by Crippen LogP contribution is -2.45. The van der Waals surface area contributed by atoms with Crippen molar-refractivity contribution in [2.24, 2.45) is 0 Å². The Morgan fingerprint density at radius 3 is 2.62 bits per heavy atom.